The largest absolute Gasteiger partial charge is 0.333 e. The maximum Gasteiger partial charge on any atom is 0.0949 e. The normalized spacial score (nSPS) is 41.4. The van der Waals surface area contributed by atoms with E-state index in [9.17, 15) is 0 Å². The highest BCUT2D eigenvalue weighted by atomic mass is 15.2. The Kier molecular flexibility index (Phi) is 3.33. The van der Waals surface area contributed by atoms with E-state index in [0.29, 0.717) is 6.04 Å². The number of fused-ring (bicyclic) bond motifs is 2. The van der Waals surface area contributed by atoms with Gasteiger partial charge in [0.05, 0.1) is 6.33 Å². The zero-order valence-corrected chi connectivity index (χ0v) is 12.6. The Balaban J connectivity index is 1.40. The van der Waals surface area contributed by atoms with E-state index >= 15 is 0 Å². The summed E-state index contributed by atoms with van der Waals surface area (Å²) in [4.78, 5) is 6.98. The topological polar surface area (TPSA) is 21.1 Å². The number of piperidine rings is 1. The van der Waals surface area contributed by atoms with Crippen LogP contribution in [-0.4, -0.2) is 34.1 Å². The molecule has 20 heavy (non-hydrogen) atoms. The maximum atomic E-state index is 4.24. The average molecular weight is 273 g/mol. The molecule has 0 radical (unpaired) electrons. The molecule has 3 fully saturated rings. The first kappa shape index (κ1) is 12.9. The van der Waals surface area contributed by atoms with E-state index in [4.69, 9.17) is 0 Å². The van der Waals surface area contributed by atoms with Crippen molar-refractivity contribution in [2.45, 2.75) is 45.1 Å². The molecule has 0 N–H and O–H groups in total. The highest BCUT2D eigenvalue weighted by Gasteiger charge is 2.40. The number of hydrogen-bond donors (Lipinski definition) is 0. The van der Waals surface area contributed by atoms with Crippen LogP contribution in [0.2, 0.25) is 0 Å². The van der Waals surface area contributed by atoms with Gasteiger partial charge in [-0.2, -0.15) is 0 Å². The Morgan fingerprint density at radius 2 is 2.15 bits per heavy atom. The number of imidazole rings is 1. The zero-order valence-electron chi connectivity index (χ0n) is 12.6. The van der Waals surface area contributed by atoms with Crippen LogP contribution in [0, 0.1) is 23.7 Å². The van der Waals surface area contributed by atoms with Gasteiger partial charge in [0.1, 0.15) is 0 Å². The van der Waals surface area contributed by atoms with E-state index < -0.39 is 0 Å². The van der Waals surface area contributed by atoms with E-state index in [1.54, 1.807) is 6.42 Å². The van der Waals surface area contributed by atoms with Gasteiger partial charge >= 0.3 is 0 Å². The van der Waals surface area contributed by atoms with Gasteiger partial charge in [-0.25, -0.2) is 4.98 Å². The predicted molar refractivity (Wildman–Crippen MR) is 80.4 cm³/mol. The van der Waals surface area contributed by atoms with Crippen molar-refractivity contribution in [3.63, 3.8) is 0 Å². The fourth-order valence-electron chi connectivity index (χ4n) is 5.07. The third kappa shape index (κ3) is 2.30. The summed E-state index contributed by atoms with van der Waals surface area (Å²) in [5.74, 6) is 3.93. The first-order valence-corrected chi connectivity index (χ1v) is 8.49. The minimum absolute atomic E-state index is 0.629. The summed E-state index contributed by atoms with van der Waals surface area (Å²) < 4.78 is 2.33. The lowest BCUT2D eigenvalue weighted by Gasteiger charge is -2.39. The van der Waals surface area contributed by atoms with Crippen LogP contribution in [0.4, 0.5) is 0 Å². The van der Waals surface area contributed by atoms with Crippen molar-refractivity contribution in [2.75, 3.05) is 19.6 Å². The third-order valence-electron chi connectivity index (χ3n) is 6.29. The molecule has 2 saturated carbocycles. The summed E-state index contributed by atoms with van der Waals surface area (Å²) >= 11 is 0. The Morgan fingerprint density at radius 1 is 1.20 bits per heavy atom. The van der Waals surface area contributed by atoms with Crippen LogP contribution in [-0.2, 0) is 0 Å². The smallest absolute Gasteiger partial charge is 0.0949 e. The van der Waals surface area contributed by atoms with Crippen LogP contribution in [0.1, 0.15) is 45.1 Å². The first-order valence-electron chi connectivity index (χ1n) is 8.49. The molecule has 0 spiro atoms. The van der Waals surface area contributed by atoms with E-state index in [1.807, 2.05) is 12.5 Å². The lowest BCUT2D eigenvalue weighted by Crippen LogP contribution is -2.43. The zero-order chi connectivity index (χ0) is 13.5. The van der Waals surface area contributed by atoms with E-state index in [1.165, 1.54) is 45.3 Å². The molecule has 0 aromatic carbocycles. The number of nitrogens with zero attached hydrogens (tertiary/aromatic N) is 3. The van der Waals surface area contributed by atoms with Crippen molar-refractivity contribution in [3.8, 4) is 0 Å². The molecular formula is C17H27N3. The summed E-state index contributed by atoms with van der Waals surface area (Å²) in [5, 5.41) is 0. The van der Waals surface area contributed by atoms with Crippen LogP contribution < -0.4 is 0 Å². The van der Waals surface area contributed by atoms with Crippen LogP contribution in [0.3, 0.4) is 0 Å². The molecule has 0 amide bonds. The second-order valence-electron chi connectivity index (χ2n) is 7.54. The molecule has 1 aromatic rings. The van der Waals surface area contributed by atoms with Crippen LogP contribution in [0.25, 0.3) is 0 Å². The Bertz CT molecular complexity index is 441. The molecule has 1 aliphatic heterocycles. The van der Waals surface area contributed by atoms with Crippen molar-refractivity contribution < 1.29 is 0 Å². The van der Waals surface area contributed by atoms with Gasteiger partial charge in [0.25, 0.3) is 0 Å². The van der Waals surface area contributed by atoms with Gasteiger partial charge in [-0.3, -0.25) is 0 Å². The van der Waals surface area contributed by atoms with Crippen molar-refractivity contribution in [1.29, 1.82) is 0 Å². The van der Waals surface area contributed by atoms with E-state index in [0.717, 1.165) is 23.7 Å². The molecule has 3 heteroatoms. The van der Waals surface area contributed by atoms with Gasteiger partial charge in [0.15, 0.2) is 0 Å². The van der Waals surface area contributed by atoms with Gasteiger partial charge in [0.2, 0.25) is 0 Å². The predicted octanol–water partition coefficient (Wildman–Crippen LogP) is 3.20. The van der Waals surface area contributed by atoms with Crippen LogP contribution in [0.5, 0.6) is 0 Å². The minimum atomic E-state index is 0.629. The molecule has 2 bridgehead atoms. The second kappa shape index (κ2) is 5.18. The van der Waals surface area contributed by atoms with Gasteiger partial charge in [-0.1, -0.05) is 13.3 Å². The fourth-order valence-corrected chi connectivity index (χ4v) is 5.07. The number of hydrogen-bond acceptors (Lipinski definition) is 2. The SMILES string of the molecule is C[C@@H]1CCN(C[C@@H]2C[C@H]3CC[C@H]2C3)C[C@@H]1n1ccnc1. The first-order chi connectivity index (χ1) is 9.79. The summed E-state index contributed by atoms with van der Waals surface area (Å²) in [6.07, 6.45) is 13.5. The summed E-state index contributed by atoms with van der Waals surface area (Å²) in [7, 11) is 0. The van der Waals surface area contributed by atoms with Crippen molar-refractivity contribution in [3.05, 3.63) is 18.7 Å². The number of aromatic nitrogens is 2. The number of likely N-dealkylation sites (tertiary alicyclic amines) is 1. The molecule has 110 valence electrons. The third-order valence-corrected chi connectivity index (χ3v) is 6.29. The summed E-state index contributed by atoms with van der Waals surface area (Å²) in [6.45, 7) is 6.30. The number of rotatable bonds is 3. The lowest BCUT2D eigenvalue weighted by molar-refractivity contribution is 0.103. The van der Waals surface area contributed by atoms with Crippen molar-refractivity contribution >= 4 is 0 Å². The Hall–Kier alpha value is -0.830. The molecule has 1 saturated heterocycles. The summed E-state index contributed by atoms with van der Waals surface area (Å²) in [6, 6.07) is 0.629. The molecule has 2 aliphatic carbocycles. The monoisotopic (exact) mass is 273 g/mol. The molecule has 2 heterocycles. The second-order valence-corrected chi connectivity index (χ2v) is 7.54. The van der Waals surface area contributed by atoms with Crippen LogP contribution >= 0.6 is 0 Å². The van der Waals surface area contributed by atoms with Crippen molar-refractivity contribution in [2.24, 2.45) is 23.7 Å². The fraction of sp³-hybridized carbons (Fsp3) is 0.824. The molecule has 3 nitrogen and oxygen atoms in total. The highest BCUT2D eigenvalue weighted by Crippen LogP contribution is 2.48. The van der Waals surface area contributed by atoms with Gasteiger partial charge < -0.3 is 9.47 Å². The van der Waals surface area contributed by atoms with Crippen LogP contribution in [0.15, 0.2) is 18.7 Å². The summed E-state index contributed by atoms with van der Waals surface area (Å²) in [5.41, 5.74) is 0. The van der Waals surface area contributed by atoms with Gasteiger partial charge in [-0.15, -0.1) is 0 Å². The minimum Gasteiger partial charge on any atom is -0.333 e. The van der Waals surface area contributed by atoms with E-state index in [-0.39, 0.29) is 0 Å². The molecule has 5 atom stereocenters. The standard InChI is InChI=1S/C17H27N3/c1-13-4-6-19(11-17(13)20-7-5-18-12-20)10-16-9-14-2-3-15(16)8-14/h5,7,12-17H,2-4,6,8-11H2,1H3/t13-,14+,15+,16+,17+/m1/s1. The lowest BCUT2D eigenvalue weighted by atomic mass is 9.87. The molecule has 3 aliphatic rings. The quantitative estimate of drug-likeness (QED) is 0.843. The molecule has 0 unspecified atom stereocenters. The molecular weight excluding hydrogens is 246 g/mol. The maximum absolute atomic E-state index is 4.24. The molecule has 1 aromatic heterocycles. The molecule has 4 rings (SSSR count). The van der Waals surface area contributed by atoms with E-state index in [2.05, 4.69) is 27.6 Å². The van der Waals surface area contributed by atoms with Gasteiger partial charge in [0, 0.05) is 31.5 Å². The highest BCUT2D eigenvalue weighted by molar-refractivity contribution is 4.93. The Morgan fingerprint density at radius 3 is 2.85 bits per heavy atom. The average Bonchev–Trinajstić information content (AvgIpc) is 3.17. The Labute approximate surface area is 122 Å². The van der Waals surface area contributed by atoms with Gasteiger partial charge in [-0.05, 0) is 55.9 Å². The van der Waals surface area contributed by atoms with Crippen molar-refractivity contribution in [1.82, 2.24) is 14.5 Å².